The average molecular weight is 281 g/mol. The van der Waals surface area contributed by atoms with E-state index in [1.807, 2.05) is 6.92 Å². The largest absolute Gasteiger partial charge is 0.406 e. The molecule has 20 heavy (non-hydrogen) atoms. The van der Waals surface area contributed by atoms with Gasteiger partial charge in [-0.25, -0.2) is 0 Å². The molecule has 0 saturated carbocycles. The summed E-state index contributed by atoms with van der Waals surface area (Å²) in [4.78, 5) is 4.66. The standard InChI is InChI=1S/C14H27N5O/c1-5-12-10-18(4)8-7-9-19(12)14-17-16-13(20-14)11(3)15-6-2/h11-12,15H,5-10H2,1-4H3. The van der Waals surface area contributed by atoms with Gasteiger partial charge in [0.2, 0.25) is 5.89 Å². The predicted octanol–water partition coefficient (Wildman–Crippen LogP) is 1.66. The molecule has 0 bridgehead atoms. The number of aromatic nitrogens is 2. The van der Waals surface area contributed by atoms with Gasteiger partial charge in [0.05, 0.1) is 6.04 Å². The van der Waals surface area contributed by atoms with Gasteiger partial charge in [0.25, 0.3) is 0 Å². The Labute approximate surface area is 121 Å². The van der Waals surface area contributed by atoms with Crippen LogP contribution in [0.25, 0.3) is 0 Å². The summed E-state index contributed by atoms with van der Waals surface area (Å²) in [6.07, 6.45) is 2.22. The molecule has 0 amide bonds. The van der Waals surface area contributed by atoms with E-state index >= 15 is 0 Å². The van der Waals surface area contributed by atoms with E-state index in [0.717, 1.165) is 39.0 Å². The number of anilines is 1. The summed E-state index contributed by atoms with van der Waals surface area (Å²) in [6, 6.07) is 1.23. The van der Waals surface area contributed by atoms with Crippen LogP contribution in [0.3, 0.4) is 0 Å². The molecule has 0 radical (unpaired) electrons. The summed E-state index contributed by atoms with van der Waals surface area (Å²) in [5.41, 5.74) is 0. The van der Waals surface area contributed by atoms with Crippen LogP contribution in [0.2, 0.25) is 0 Å². The molecule has 2 unspecified atom stereocenters. The maximum atomic E-state index is 5.88. The van der Waals surface area contributed by atoms with Gasteiger partial charge in [-0.3, -0.25) is 0 Å². The molecule has 1 aromatic rings. The third-order valence-electron chi connectivity index (χ3n) is 3.93. The molecule has 1 saturated heterocycles. The van der Waals surface area contributed by atoms with Crippen molar-refractivity contribution in [3.8, 4) is 0 Å². The first kappa shape index (κ1) is 15.3. The zero-order valence-electron chi connectivity index (χ0n) is 13.1. The molecule has 114 valence electrons. The van der Waals surface area contributed by atoms with Crippen molar-refractivity contribution in [2.24, 2.45) is 0 Å². The lowest BCUT2D eigenvalue weighted by atomic mass is 10.2. The number of hydrogen-bond acceptors (Lipinski definition) is 6. The van der Waals surface area contributed by atoms with Crippen molar-refractivity contribution in [1.82, 2.24) is 20.4 Å². The molecule has 0 aliphatic carbocycles. The van der Waals surface area contributed by atoms with Crippen molar-refractivity contribution in [2.75, 3.05) is 38.1 Å². The van der Waals surface area contributed by atoms with E-state index in [-0.39, 0.29) is 6.04 Å². The topological polar surface area (TPSA) is 57.4 Å². The quantitative estimate of drug-likeness (QED) is 0.886. The highest BCUT2D eigenvalue weighted by Gasteiger charge is 2.26. The Morgan fingerprint density at radius 3 is 2.85 bits per heavy atom. The van der Waals surface area contributed by atoms with Gasteiger partial charge in [-0.15, -0.1) is 5.10 Å². The molecule has 2 heterocycles. The molecule has 2 atom stereocenters. The molecule has 1 aromatic heterocycles. The van der Waals surface area contributed by atoms with Crippen LogP contribution in [-0.2, 0) is 0 Å². The van der Waals surface area contributed by atoms with Gasteiger partial charge in [-0.2, -0.15) is 0 Å². The molecular formula is C14H27N5O. The van der Waals surface area contributed by atoms with E-state index in [4.69, 9.17) is 4.42 Å². The van der Waals surface area contributed by atoms with Crippen molar-refractivity contribution >= 4 is 6.01 Å². The lowest BCUT2D eigenvalue weighted by Crippen LogP contribution is -2.40. The van der Waals surface area contributed by atoms with Gasteiger partial charge in [0.1, 0.15) is 0 Å². The second-order valence-corrected chi connectivity index (χ2v) is 5.57. The molecule has 1 fully saturated rings. The van der Waals surface area contributed by atoms with Crippen LogP contribution in [0.4, 0.5) is 6.01 Å². The maximum Gasteiger partial charge on any atom is 0.318 e. The van der Waals surface area contributed by atoms with Crippen LogP contribution in [0, 0.1) is 0 Å². The highest BCUT2D eigenvalue weighted by atomic mass is 16.4. The Balaban J connectivity index is 2.12. The minimum atomic E-state index is 0.107. The molecule has 1 N–H and O–H groups in total. The molecule has 2 rings (SSSR count). The van der Waals surface area contributed by atoms with Crippen molar-refractivity contribution in [1.29, 1.82) is 0 Å². The molecule has 1 aliphatic rings. The fraction of sp³-hybridized carbons (Fsp3) is 0.857. The van der Waals surface area contributed by atoms with Crippen molar-refractivity contribution in [3.05, 3.63) is 5.89 Å². The minimum absolute atomic E-state index is 0.107. The first-order chi connectivity index (χ1) is 9.65. The Kier molecular flexibility index (Phi) is 5.37. The number of nitrogens with zero attached hydrogens (tertiary/aromatic N) is 4. The summed E-state index contributed by atoms with van der Waals surface area (Å²) >= 11 is 0. The van der Waals surface area contributed by atoms with Crippen LogP contribution in [0.15, 0.2) is 4.42 Å². The smallest absolute Gasteiger partial charge is 0.318 e. The Morgan fingerprint density at radius 1 is 1.35 bits per heavy atom. The van der Waals surface area contributed by atoms with Crippen LogP contribution in [-0.4, -0.2) is 54.4 Å². The molecule has 1 aliphatic heterocycles. The van der Waals surface area contributed by atoms with E-state index in [2.05, 4.69) is 46.2 Å². The summed E-state index contributed by atoms with van der Waals surface area (Å²) < 4.78 is 5.88. The van der Waals surface area contributed by atoms with E-state index in [1.54, 1.807) is 0 Å². The second-order valence-electron chi connectivity index (χ2n) is 5.57. The maximum absolute atomic E-state index is 5.88. The zero-order chi connectivity index (χ0) is 14.5. The van der Waals surface area contributed by atoms with Crippen LogP contribution in [0.5, 0.6) is 0 Å². The SMILES string of the molecule is CCNC(C)c1nnc(N2CCCN(C)CC2CC)o1. The highest BCUT2D eigenvalue weighted by molar-refractivity contribution is 5.27. The Bertz CT molecular complexity index is 408. The zero-order valence-corrected chi connectivity index (χ0v) is 13.1. The molecule has 6 nitrogen and oxygen atoms in total. The fourth-order valence-corrected chi connectivity index (χ4v) is 2.76. The molecular weight excluding hydrogens is 254 g/mol. The molecule has 0 spiro atoms. The van der Waals surface area contributed by atoms with E-state index < -0.39 is 0 Å². The van der Waals surface area contributed by atoms with Gasteiger partial charge in [0.15, 0.2) is 0 Å². The van der Waals surface area contributed by atoms with E-state index in [1.165, 1.54) is 0 Å². The lowest BCUT2D eigenvalue weighted by molar-refractivity contribution is 0.324. The monoisotopic (exact) mass is 281 g/mol. The third-order valence-corrected chi connectivity index (χ3v) is 3.93. The Morgan fingerprint density at radius 2 is 2.15 bits per heavy atom. The first-order valence-electron chi connectivity index (χ1n) is 7.67. The van der Waals surface area contributed by atoms with Crippen molar-refractivity contribution < 1.29 is 4.42 Å². The summed E-state index contributed by atoms with van der Waals surface area (Å²) in [5, 5.41) is 11.8. The highest BCUT2D eigenvalue weighted by Crippen LogP contribution is 2.22. The van der Waals surface area contributed by atoms with Crippen molar-refractivity contribution in [2.45, 2.75) is 45.7 Å². The van der Waals surface area contributed by atoms with Crippen LogP contribution >= 0.6 is 0 Å². The molecule has 6 heteroatoms. The average Bonchev–Trinajstić information content (AvgIpc) is 2.84. The summed E-state index contributed by atoms with van der Waals surface area (Å²) in [5.74, 6) is 0.675. The number of likely N-dealkylation sites (N-methyl/N-ethyl adjacent to an activating group) is 1. The summed E-state index contributed by atoms with van der Waals surface area (Å²) in [6.45, 7) is 10.4. The fourth-order valence-electron chi connectivity index (χ4n) is 2.76. The normalized spacial score (nSPS) is 22.8. The van der Waals surface area contributed by atoms with E-state index in [9.17, 15) is 0 Å². The van der Waals surface area contributed by atoms with Gasteiger partial charge < -0.3 is 19.5 Å². The van der Waals surface area contributed by atoms with Crippen molar-refractivity contribution in [3.63, 3.8) is 0 Å². The number of nitrogens with one attached hydrogen (secondary N) is 1. The molecule has 0 aromatic carbocycles. The number of rotatable bonds is 5. The third kappa shape index (κ3) is 3.49. The van der Waals surface area contributed by atoms with Gasteiger partial charge in [-0.05, 0) is 39.9 Å². The predicted molar refractivity (Wildman–Crippen MR) is 79.9 cm³/mol. The van der Waals surface area contributed by atoms with Gasteiger partial charge in [0, 0.05) is 19.1 Å². The van der Waals surface area contributed by atoms with Crippen LogP contribution in [0.1, 0.15) is 45.5 Å². The van der Waals surface area contributed by atoms with Gasteiger partial charge >= 0.3 is 6.01 Å². The number of hydrogen-bond donors (Lipinski definition) is 1. The summed E-state index contributed by atoms with van der Waals surface area (Å²) in [7, 11) is 2.18. The first-order valence-corrected chi connectivity index (χ1v) is 7.67. The van der Waals surface area contributed by atoms with E-state index in [0.29, 0.717) is 17.9 Å². The second kappa shape index (κ2) is 7.04. The Hall–Kier alpha value is -1.14. The minimum Gasteiger partial charge on any atom is -0.406 e. The van der Waals surface area contributed by atoms with Crippen LogP contribution < -0.4 is 10.2 Å². The van der Waals surface area contributed by atoms with Gasteiger partial charge in [-0.1, -0.05) is 18.9 Å². The lowest BCUT2D eigenvalue weighted by Gasteiger charge is -2.28.